The van der Waals surface area contributed by atoms with Crippen LogP contribution >= 0.6 is 0 Å². The van der Waals surface area contributed by atoms with Crippen LogP contribution in [0.1, 0.15) is 181 Å². The molecule has 0 spiro atoms. The molecule has 0 aromatic carbocycles. The minimum atomic E-state index is -0.795. The largest absolute Gasteiger partial charge is 0.462 e. The number of ether oxygens (including phenoxy) is 2. The van der Waals surface area contributed by atoms with Crippen LogP contribution in [-0.2, 0) is 19.1 Å². The highest BCUT2D eigenvalue weighted by Crippen LogP contribution is 2.11. The molecular weight excluding hydrogens is 572 g/mol. The number of carbonyl (C=O) groups excluding carboxylic acids is 2. The van der Waals surface area contributed by atoms with Crippen LogP contribution in [0.25, 0.3) is 0 Å². The summed E-state index contributed by atoms with van der Waals surface area (Å²) in [6, 6.07) is 0. The standard InChI is InChI=1S/C41H72O5/c1-3-5-7-9-11-13-15-17-19-20-22-23-25-27-29-31-33-35-40(43)45-38-39(37-42)46-41(44)36-34-32-30-28-26-24-21-18-16-14-12-10-8-6-4-2/h17-19,21-23,27,29,39,42H,3-16,20,24-26,28,30-38H2,1-2H3/b19-17-,21-18-,23-22-,29-27-/t39-/m0/s1. The second-order valence-corrected chi connectivity index (χ2v) is 12.6. The Bertz CT molecular complexity index is 782. The average molecular weight is 645 g/mol. The molecule has 5 nitrogen and oxygen atoms in total. The third-order valence-electron chi connectivity index (χ3n) is 8.10. The predicted octanol–water partition coefficient (Wildman–Crippen LogP) is 11.8. The molecule has 0 aliphatic rings. The van der Waals surface area contributed by atoms with Crippen molar-refractivity contribution in [3.05, 3.63) is 48.6 Å². The van der Waals surface area contributed by atoms with Gasteiger partial charge in [0, 0.05) is 12.8 Å². The van der Waals surface area contributed by atoms with Crippen molar-refractivity contribution in [2.75, 3.05) is 13.2 Å². The predicted molar refractivity (Wildman–Crippen MR) is 196 cm³/mol. The second-order valence-electron chi connectivity index (χ2n) is 12.6. The highest BCUT2D eigenvalue weighted by Gasteiger charge is 2.16. The van der Waals surface area contributed by atoms with Crippen LogP contribution in [0.15, 0.2) is 48.6 Å². The molecule has 0 amide bonds. The van der Waals surface area contributed by atoms with Gasteiger partial charge in [0.05, 0.1) is 6.61 Å². The van der Waals surface area contributed by atoms with Gasteiger partial charge in [-0.25, -0.2) is 0 Å². The highest BCUT2D eigenvalue weighted by molar-refractivity contribution is 5.70. The van der Waals surface area contributed by atoms with Crippen LogP contribution in [-0.4, -0.2) is 36.4 Å². The lowest BCUT2D eigenvalue weighted by atomic mass is 10.1. The van der Waals surface area contributed by atoms with E-state index in [0.717, 1.165) is 44.9 Å². The second kappa shape index (κ2) is 37.3. The van der Waals surface area contributed by atoms with E-state index in [1.165, 1.54) is 103 Å². The van der Waals surface area contributed by atoms with Crippen molar-refractivity contribution in [2.45, 2.75) is 187 Å². The zero-order valence-corrected chi connectivity index (χ0v) is 30.1. The maximum absolute atomic E-state index is 12.1. The SMILES string of the molecule is CCCCCCCC/C=C\C/C=C\C/C=C\CCCC(=O)OC[C@H](CO)OC(=O)CCCCCCC/C=C\CCCCCCCC. The van der Waals surface area contributed by atoms with Gasteiger partial charge in [-0.05, 0) is 70.6 Å². The Labute approximate surface area is 284 Å². The van der Waals surface area contributed by atoms with Gasteiger partial charge in [0.15, 0.2) is 6.10 Å². The summed E-state index contributed by atoms with van der Waals surface area (Å²) < 4.78 is 10.5. The third kappa shape index (κ3) is 34.7. The molecule has 0 aliphatic carbocycles. The van der Waals surface area contributed by atoms with E-state index >= 15 is 0 Å². The van der Waals surface area contributed by atoms with Gasteiger partial charge in [0.1, 0.15) is 6.61 Å². The molecule has 0 saturated carbocycles. The Balaban J connectivity index is 3.67. The molecule has 0 saturated heterocycles. The normalized spacial score (nSPS) is 12.7. The Morgan fingerprint density at radius 3 is 1.39 bits per heavy atom. The van der Waals surface area contributed by atoms with E-state index in [1.807, 2.05) is 0 Å². The number of aliphatic hydroxyl groups is 1. The molecule has 0 aromatic rings. The Morgan fingerprint density at radius 2 is 0.891 bits per heavy atom. The van der Waals surface area contributed by atoms with E-state index in [0.29, 0.717) is 19.3 Å². The first kappa shape index (κ1) is 43.9. The molecule has 46 heavy (non-hydrogen) atoms. The van der Waals surface area contributed by atoms with Crippen LogP contribution < -0.4 is 0 Å². The van der Waals surface area contributed by atoms with Gasteiger partial charge in [0.25, 0.3) is 0 Å². The molecule has 0 radical (unpaired) electrons. The van der Waals surface area contributed by atoms with Gasteiger partial charge in [0.2, 0.25) is 0 Å². The molecule has 0 fully saturated rings. The van der Waals surface area contributed by atoms with Crippen molar-refractivity contribution in [2.24, 2.45) is 0 Å². The molecule has 0 heterocycles. The minimum Gasteiger partial charge on any atom is -0.462 e. The van der Waals surface area contributed by atoms with Crippen LogP contribution in [0.5, 0.6) is 0 Å². The lowest BCUT2D eigenvalue weighted by molar-refractivity contribution is -0.161. The summed E-state index contributed by atoms with van der Waals surface area (Å²) in [4.78, 5) is 24.2. The fourth-order valence-electron chi connectivity index (χ4n) is 5.15. The molecular formula is C41H72O5. The lowest BCUT2D eigenvalue weighted by Crippen LogP contribution is -2.28. The summed E-state index contributed by atoms with van der Waals surface area (Å²) in [6.45, 7) is 4.06. The van der Waals surface area contributed by atoms with Crippen LogP contribution in [0.4, 0.5) is 0 Å². The number of unbranched alkanes of at least 4 members (excludes halogenated alkanes) is 18. The van der Waals surface area contributed by atoms with Crippen molar-refractivity contribution in [1.29, 1.82) is 0 Å². The summed E-state index contributed by atoms with van der Waals surface area (Å²) in [5.41, 5.74) is 0. The fourth-order valence-corrected chi connectivity index (χ4v) is 5.15. The van der Waals surface area contributed by atoms with Gasteiger partial charge >= 0.3 is 11.9 Å². The van der Waals surface area contributed by atoms with E-state index in [9.17, 15) is 14.7 Å². The van der Waals surface area contributed by atoms with E-state index in [1.54, 1.807) is 0 Å². The number of aliphatic hydroxyl groups excluding tert-OH is 1. The molecule has 0 rings (SSSR count). The van der Waals surface area contributed by atoms with Crippen molar-refractivity contribution >= 4 is 11.9 Å². The molecule has 266 valence electrons. The van der Waals surface area contributed by atoms with Gasteiger partial charge in [-0.1, -0.05) is 146 Å². The lowest BCUT2D eigenvalue weighted by Gasteiger charge is -2.15. The van der Waals surface area contributed by atoms with E-state index < -0.39 is 6.10 Å². The number of hydrogen-bond donors (Lipinski definition) is 1. The molecule has 1 N–H and O–H groups in total. The van der Waals surface area contributed by atoms with Crippen molar-refractivity contribution < 1.29 is 24.2 Å². The summed E-state index contributed by atoms with van der Waals surface area (Å²) >= 11 is 0. The Morgan fingerprint density at radius 1 is 0.500 bits per heavy atom. The van der Waals surface area contributed by atoms with Gasteiger partial charge in [-0.3, -0.25) is 9.59 Å². The summed E-state index contributed by atoms with van der Waals surface area (Å²) in [6.07, 6.45) is 46.0. The Hall–Kier alpha value is -2.14. The number of esters is 2. The molecule has 0 aliphatic heterocycles. The third-order valence-corrected chi connectivity index (χ3v) is 8.10. The molecule has 1 atom stereocenters. The molecule has 0 aromatic heterocycles. The van der Waals surface area contributed by atoms with E-state index in [4.69, 9.17) is 9.47 Å². The topological polar surface area (TPSA) is 72.8 Å². The van der Waals surface area contributed by atoms with Gasteiger partial charge in [-0.2, -0.15) is 0 Å². The number of carbonyl (C=O) groups is 2. The maximum Gasteiger partial charge on any atom is 0.306 e. The summed E-state index contributed by atoms with van der Waals surface area (Å²) in [7, 11) is 0. The van der Waals surface area contributed by atoms with E-state index in [-0.39, 0.29) is 25.2 Å². The quantitative estimate of drug-likeness (QED) is 0.0429. The zero-order chi connectivity index (χ0) is 33.6. The smallest absolute Gasteiger partial charge is 0.306 e. The zero-order valence-electron chi connectivity index (χ0n) is 30.1. The number of rotatable bonds is 34. The first-order valence-corrected chi connectivity index (χ1v) is 19.2. The molecule has 5 heteroatoms. The van der Waals surface area contributed by atoms with Crippen molar-refractivity contribution in [3.63, 3.8) is 0 Å². The number of allylic oxidation sites excluding steroid dienone is 8. The molecule has 0 bridgehead atoms. The monoisotopic (exact) mass is 645 g/mol. The van der Waals surface area contributed by atoms with Crippen LogP contribution in [0, 0.1) is 0 Å². The van der Waals surface area contributed by atoms with Crippen molar-refractivity contribution in [3.8, 4) is 0 Å². The van der Waals surface area contributed by atoms with Crippen molar-refractivity contribution in [1.82, 2.24) is 0 Å². The number of hydrogen-bond acceptors (Lipinski definition) is 5. The van der Waals surface area contributed by atoms with Crippen LogP contribution in [0.2, 0.25) is 0 Å². The highest BCUT2D eigenvalue weighted by atomic mass is 16.6. The Kier molecular flexibility index (Phi) is 35.6. The summed E-state index contributed by atoms with van der Waals surface area (Å²) in [5, 5.41) is 9.53. The first-order valence-electron chi connectivity index (χ1n) is 19.2. The maximum atomic E-state index is 12.1. The van der Waals surface area contributed by atoms with Crippen LogP contribution in [0.3, 0.4) is 0 Å². The fraction of sp³-hybridized carbons (Fsp3) is 0.756. The summed E-state index contributed by atoms with van der Waals surface area (Å²) in [5.74, 6) is -0.663. The first-order chi connectivity index (χ1) is 22.6. The molecule has 0 unspecified atom stereocenters. The van der Waals surface area contributed by atoms with Gasteiger partial charge < -0.3 is 14.6 Å². The van der Waals surface area contributed by atoms with Gasteiger partial charge in [-0.15, -0.1) is 0 Å². The average Bonchev–Trinajstić information content (AvgIpc) is 3.06. The minimum absolute atomic E-state index is 0.0957. The van der Waals surface area contributed by atoms with E-state index in [2.05, 4.69) is 62.5 Å².